The van der Waals surface area contributed by atoms with E-state index in [9.17, 15) is 5.26 Å². The van der Waals surface area contributed by atoms with Crippen LogP contribution < -0.4 is 0 Å². The van der Waals surface area contributed by atoms with Gasteiger partial charge in [0.15, 0.2) is 17.5 Å². The highest BCUT2D eigenvalue weighted by atomic mass is 16.3. The van der Waals surface area contributed by atoms with Crippen LogP contribution in [0.1, 0.15) is 5.56 Å². The first-order chi connectivity index (χ1) is 22.7. The molecule has 3 heterocycles. The molecular weight excluding hydrogens is 568 g/mol. The predicted octanol–water partition coefficient (Wildman–Crippen LogP) is 10.2. The Labute approximate surface area is 262 Å². The first kappa shape index (κ1) is 25.9. The third-order valence-electron chi connectivity index (χ3n) is 8.39. The van der Waals surface area contributed by atoms with E-state index in [4.69, 9.17) is 23.8 Å². The number of para-hydroxylation sites is 1. The van der Waals surface area contributed by atoms with Crippen molar-refractivity contribution in [3.8, 4) is 51.4 Å². The van der Waals surface area contributed by atoms with Crippen molar-refractivity contribution in [3.05, 3.63) is 139 Å². The number of aromatic nitrogens is 3. The summed E-state index contributed by atoms with van der Waals surface area (Å²) in [5.41, 5.74) is 8.05. The van der Waals surface area contributed by atoms with Gasteiger partial charge < -0.3 is 8.83 Å². The largest absolute Gasteiger partial charge is 0.456 e. The van der Waals surface area contributed by atoms with Crippen LogP contribution in [-0.4, -0.2) is 15.0 Å². The van der Waals surface area contributed by atoms with Gasteiger partial charge in [0.2, 0.25) is 0 Å². The van der Waals surface area contributed by atoms with Crippen LogP contribution in [-0.2, 0) is 0 Å². The van der Waals surface area contributed by atoms with E-state index < -0.39 is 0 Å². The molecule has 6 heteroatoms. The summed E-state index contributed by atoms with van der Waals surface area (Å²) >= 11 is 0. The van der Waals surface area contributed by atoms with Crippen molar-refractivity contribution in [2.75, 3.05) is 0 Å². The molecule has 0 atom stereocenters. The van der Waals surface area contributed by atoms with Gasteiger partial charge in [0.25, 0.3) is 0 Å². The summed E-state index contributed by atoms with van der Waals surface area (Å²) in [6.07, 6.45) is 0. The second kappa shape index (κ2) is 10.3. The Kier molecular flexibility index (Phi) is 5.77. The number of furan rings is 2. The zero-order chi connectivity index (χ0) is 30.6. The molecule has 0 aliphatic heterocycles. The van der Waals surface area contributed by atoms with Gasteiger partial charge in [0, 0.05) is 32.7 Å². The van der Waals surface area contributed by atoms with Gasteiger partial charge in [0.1, 0.15) is 22.3 Å². The van der Waals surface area contributed by atoms with Gasteiger partial charge in [-0.2, -0.15) is 5.26 Å². The van der Waals surface area contributed by atoms with Crippen LogP contribution in [0.25, 0.3) is 89.2 Å². The van der Waals surface area contributed by atoms with Gasteiger partial charge in [-0.1, -0.05) is 97.1 Å². The first-order valence-corrected chi connectivity index (χ1v) is 14.9. The fourth-order valence-corrected chi connectivity index (χ4v) is 6.28. The van der Waals surface area contributed by atoms with Crippen molar-refractivity contribution < 1.29 is 8.83 Å². The predicted molar refractivity (Wildman–Crippen MR) is 181 cm³/mol. The number of hydrogen-bond acceptors (Lipinski definition) is 6. The summed E-state index contributed by atoms with van der Waals surface area (Å²) in [7, 11) is 0. The Morgan fingerprint density at radius 3 is 1.89 bits per heavy atom. The number of rotatable bonds is 4. The lowest BCUT2D eigenvalue weighted by molar-refractivity contribution is 0.668. The van der Waals surface area contributed by atoms with Crippen molar-refractivity contribution in [2.24, 2.45) is 0 Å². The van der Waals surface area contributed by atoms with E-state index in [1.54, 1.807) is 6.07 Å². The lowest BCUT2D eigenvalue weighted by Crippen LogP contribution is -2.00. The topological polar surface area (TPSA) is 88.7 Å². The zero-order valence-corrected chi connectivity index (χ0v) is 24.3. The molecule has 9 aromatic rings. The zero-order valence-electron chi connectivity index (χ0n) is 24.3. The number of hydrogen-bond donors (Lipinski definition) is 0. The highest BCUT2D eigenvalue weighted by Gasteiger charge is 2.20. The van der Waals surface area contributed by atoms with Crippen molar-refractivity contribution >= 4 is 43.9 Å². The average molecular weight is 591 g/mol. The number of benzene rings is 6. The molecule has 0 saturated heterocycles. The maximum absolute atomic E-state index is 9.79. The first-order valence-electron chi connectivity index (χ1n) is 14.9. The highest BCUT2D eigenvalue weighted by Crippen LogP contribution is 2.39. The molecule has 0 spiro atoms. The Hall–Kier alpha value is -6.58. The van der Waals surface area contributed by atoms with Crippen LogP contribution in [0.2, 0.25) is 0 Å². The summed E-state index contributed by atoms with van der Waals surface area (Å²) in [6.45, 7) is 0. The molecule has 3 aromatic heterocycles. The van der Waals surface area contributed by atoms with E-state index >= 15 is 0 Å². The van der Waals surface area contributed by atoms with E-state index in [1.807, 2.05) is 103 Å². The minimum absolute atomic E-state index is 0.475. The highest BCUT2D eigenvalue weighted by molar-refractivity contribution is 6.13. The Balaban J connectivity index is 1.26. The molecule has 0 fully saturated rings. The van der Waals surface area contributed by atoms with Gasteiger partial charge in [-0.3, -0.25) is 0 Å². The summed E-state index contributed by atoms with van der Waals surface area (Å²) in [4.78, 5) is 14.9. The minimum atomic E-state index is 0.475. The SMILES string of the molecule is N#Cc1cccc2oc3c(-c4nc(-c5ccccc5)nc(-c5ccc6c(c5)oc5cccc(-c7ccccc7)c56)n4)cccc3c12. The molecule has 214 valence electrons. The standard InChI is InChI=1S/C40H22N4O2/c41-23-27-14-7-18-32-35(27)30-16-8-17-31(37(30)46-32)40-43-38(25-12-5-2-6-13-25)42-39(44-40)26-20-21-29-34(22-26)45-33-19-9-15-28(36(29)33)24-10-3-1-4-11-24/h1-22H. The van der Waals surface area contributed by atoms with E-state index in [0.29, 0.717) is 34.2 Å². The maximum Gasteiger partial charge on any atom is 0.167 e. The summed E-state index contributed by atoms with van der Waals surface area (Å²) in [5.74, 6) is 1.53. The molecule has 6 aromatic carbocycles. The van der Waals surface area contributed by atoms with Gasteiger partial charge in [-0.05, 0) is 47.5 Å². The minimum Gasteiger partial charge on any atom is -0.456 e. The van der Waals surface area contributed by atoms with Gasteiger partial charge in [-0.15, -0.1) is 0 Å². The average Bonchev–Trinajstić information content (AvgIpc) is 3.70. The molecule has 0 saturated carbocycles. The van der Waals surface area contributed by atoms with E-state index in [1.165, 1.54) is 0 Å². The maximum atomic E-state index is 9.79. The van der Waals surface area contributed by atoms with Crippen molar-refractivity contribution in [1.82, 2.24) is 15.0 Å². The van der Waals surface area contributed by atoms with Crippen molar-refractivity contribution in [3.63, 3.8) is 0 Å². The van der Waals surface area contributed by atoms with E-state index in [-0.39, 0.29) is 0 Å². The molecule has 0 bridgehead atoms. The van der Waals surface area contributed by atoms with Gasteiger partial charge in [0.05, 0.1) is 17.2 Å². The molecule has 0 amide bonds. The third-order valence-corrected chi connectivity index (χ3v) is 8.39. The van der Waals surface area contributed by atoms with Crippen molar-refractivity contribution in [2.45, 2.75) is 0 Å². The monoisotopic (exact) mass is 590 g/mol. The molecule has 46 heavy (non-hydrogen) atoms. The molecule has 9 rings (SSSR count). The lowest BCUT2D eigenvalue weighted by Gasteiger charge is -2.09. The second-order valence-electron chi connectivity index (χ2n) is 11.1. The quantitative estimate of drug-likeness (QED) is 0.203. The van der Waals surface area contributed by atoms with E-state index in [2.05, 4.69) is 30.3 Å². The fourth-order valence-electron chi connectivity index (χ4n) is 6.28. The Bertz CT molecular complexity index is 2650. The molecular formula is C40H22N4O2. The normalized spacial score (nSPS) is 11.5. The molecule has 0 aliphatic rings. The van der Waals surface area contributed by atoms with Crippen LogP contribution in [0.3, 0.4) is 0 Å². The summed E-state index contributed by atoms with van der Waals surface area (Å²) in [5, 5.41) is 13.5. The Morgan fingerprint density at radius 2 is 1.11 bits per heavy atom. The Morgan fingerprint density at radius 1 is 0.457 bits per heavy atom. The number of nitrogens with zero attached hydrogens (tertiary/aromatic N) is 4. The second-order valence-corrected chi connectivity index (χ2v) is 11.1. The summed E-state index contributed by atoms with van der Waals surface area (Å²) in [6, 6.07) is 46.1. The lowest BCUT2D eigenvalue weighted by atomic mass is 9.99. The van der Waals surface area contributed by atoms with Crippen LogP contribution in [0, 0.1) is 11.3 Å². The van der Waals surface area contributed by atoms with Crippen LogP contribution in [0.4, 0.5) is 0 Å². The molecule has 6 nitrogen and oxygen atoms in total. The molecule has 0 unspecified atom stereocenters. The van der Waals surface area contributed by atoms with Crippen LogP contribution >= 0.6 is 0 Å². The molecule has 0 N–H and O–H groups in total. The van der Waals surface area contributed by atoms with Gasteiger partial charge in [-0.25, -0.2) is 15.0 Å². The molecule has 0 radical (unpaired) electrons. The number of fused-ring (bicyclic) bond motifs is 6. The third kappa shape index (κ3) is 4.07. The van der Waals surface area contributed by atoms with Gasteiger partial charge >= 0.3 is 0 Å². The molecule has 0 aliphatic carbocycles. The van der Waals surface area contributed by atoms with Crippen LogP contribution in [0.5, 0.6) is 0 Å². The van der Waals surface area contributed by atoms with Crippen molar-refractivity contribution in [1.29, 1.82) is 5.26 Å². The number of nitriles is 1. The fraction of sp³-hybridized carbons (Fsp3) is 0. The summed E-state index contributed by atoms with van der Waals surface area (Å²) < 4.78 is 12.8. The van der Waals surface area contributed by atoms with Crippen LogP contribution in [0.15, 0.2) is 142 Å². The van der Waals surface area contributed by atoms with E-state index in [0.717, 1.165) is 60.5 Å². The smallest absolute Gasteiger partial charge is 0.167 e.